The highest BCUT2D eigenvalue weighted by Gasteiger charge is 2.21. The van der Waals surface area contributed by atoms with Crippen LogP contribution < -0.4 is 10.2 Å². The van der Waals surface area contributed by atoms with Crippen molar-refractivity contribution in [2.45, 2.75) is 12.5 Å². The smallest absolute Gasteiger partial charge is 0.248 e. The Hall–Kier alpha value is -1.62. The fourth-order valence-electron chi connectivity index (χ4n) is 2.21. The monoisotopic (exact) mass is 218 g/mol. The second-order valence-electron chi connectivity index (χ2n) is 4.09. The van der Waals surface area contributed by atoms with E-state index in [-0.39, 0.29) is 0 Å². The van der Waals surface area contributed by atoms with E-state index in [0.29, 0.717) is 11.8 Å². The number of fused-ring (bicyclic) bond motifs is 1. The Morgan fingerprint density at radius 1 is 1.50 bits per heavy atom. The minimum atomic E-state index is 0.530. The maximum Gasteiger partial charge on any atom is 0.248 e. The molecule has 1 aliphatic heterocycles. The van der Waals surface area contributed by atoms with Gasteiger partial charge in [0.05, 0.1) is 5.69 Å². The molecule has 0 radical (unpaired) electrons. The van der Waals surface area contributed by atoms with Crippen molar-refractivity contribution in [3.63, 3.8) is 0 Å². The Morgan fingerprint density at radius 3 is 3.25 bits per heavy atom. The molecule has 0 bridgehead atoms. The summed E-state index contributed by atoms with van der Waals surface area (Å²) in [6, 6.07) is 2.52. The van der Waals surface area contributed by atoms with Crippen molar-refractivity contribution in [2.75, 3.05) is 25.0 Å². The van der Waals surface area contributed by atoms with Gasteiger partial charge in [-0.05, 0) is 19.0 Å². The van der Waals surface area contributed by atoms with Crippen LogP contribution in [0.15, 0.2) is 23.1 Å². The average molecular weight is 218 g/mol. The summed E-state index contributed by atoms with van der Waals surface area (Å²) < 4.78 is 5.21. The van der Waals surface area contributed by atoms with Gasteiger partial charge in [-0.2, -0.15) is 0 Å². The van der Waals surface area contributed by atoms with E-state index in [1.54, 1.807) is 6.20 Å². The van der Waals surface area contributed by atoms with E-state index < -0.39 is 0 Å². The number of oxazole rings is 1. The number of nitrogens with zero attached hydrogens (tertiary/aromatic N) is 3. The van der Waals surface area contributed by atoms with E-state index in [2.05, 4.69) is 27.2 Å². The van der Waals surface area contributed by atoms with Gasteiger partial charge in [0.15, 0.2) is 11.9 Å². The van der Waals surface area contributed by atoms with E-state index in [0.717, 1.165) is 30.7 Å². The molecule has 0 spiro atoms. The Labute approximate surface area is 93.5 Å². The predicted molar refractivity (Wildman–Crippen MR) is 61.5 cm³/mol. The lowest BCUT2D eigenvalue weighted by atomic mass is 10.2. The molecule has 0 saturated carbocycles. The molecule has 2 aromatic rings. The molecule has 1 saturated heterocycles. The standard InChI is InChI=1S/C11H14N4O/c1-15(8-2-4-12-6-8)9-3-5-13-11-10(9)14-7-16-11/h3,5,7-8,12H,2,4,6H2,1H3. The highest BCUT2D eigenvalue weighted by atomic mass is 16.3. The number of rotatable bonds is 2. The van der Waals surface area contributed by atoms with E-state index in [4.69, 9.17) is 4.42 Å². The first-order chi connectivity index (χ1) is 7.86. The van der Waals surface area contributed by atoms with Crippen LogP contribution in [0.1, 0.15) is 6.42 Å². The molecule has 1 atom stereocenters. The van der Waals surface area contributed by atoms with Gasteiger partial charge in [0.1, 0.15) is 0 Å². The minimum absolute atomic E-state index is 0.530. The largest absolute Gasteiger partial charge is 0.425 e. The van der Waals surface area contributed by atoms with Crippen molar-refractivity contribution in [1.29, 1.82) is 0 Å². The van der Waals surface area contributed by atoms with E-state index in [1.807, 2.05) is 6.07 Å². The maximum atomic E-state index is 5.21. The lowest BCUT2D eigenvalue weighted by molar-refractivity contribution is 0.590. The second kappa shape index (κ2) is 3.75. The average Bonchev–Trinajstić information content (AvgIpc) is 2.98. The molecule has 3 heterocycles. The van der Waals surface area contributed by atoms with Crippen LogP contribution in [0.5, 0.6) is 0 Å². The third-order valence-corrected chi connectivity index (χ3v) is 3.18. The first-order valence-corrected chi connectivity index (χ1v) is 5.48. The zero-order valence-corrected chi connectivity index (χ0v) is 9.18. The van der Waals surface area contributed by atoms with Crippen LogP contribution in [-0.4, -0.2) is 36.1 Å². The van der Waals surface area contributed by atoms with Crippen molar-refractivity contribution in [3.8, 4) is 0 Å². The van der Waals surface area contributed by atoms with Gasteiger partial charge in [-0.15, -0.1) is 0 Å². The van der Waals surface area contributed by atoms with Gasteiger partial charge in [-0.3, -0.25) is 0 Å². The SMILES string of the molecule is CN(c1ccnc2ocnc12)C1CCNC1. The molecule has 0 amide bonds. The van der Waals surface area contributed by atoms with Crippen molar-refractivity contribution < 1.29 is 4.42 Å². The maximum absolute atomic E-state index is 5.21. The number of likely N-dealkylation sites (N-methyl/N-ethyl adjacent to an activating group) is 1. The summed E-state index contributed by atoms with van der Waals surface area (Å²) in [7, 11) is 2.10. The summed E-state index contributed by atoms with van der Waals surface area (Å²) in [5, 5.41) is 3.36. The molecule has 84 valence electrons. The first kappa shape index (κ1) is 9.59. The van der Waals surface area contributed by atoms with Crippen LogP contribution in [0.2, 0.25) is 0 Å². The Bertz CT molecular complexity index is 489. The topological polar surface area (TPSA) is 54.2 Å². The molecule has 1 N–H and O–H groups in total. The summed E-state index contributed by atoms with van der Waals surface area (Å²) in [6.07, 6.45) is 4.38. The van der Waals surface area contributed by atoms with Crippen LogP contribution in [0.25, 0.3) is 11.2 Å². The van der Waals surface area contributed by atoms with Crippen molar-refractivity contribution in [2.24, 2.45) is 0 Å². The Morgan fingerprint density at radius 2 is 2.44 bits per heavy atom. The van der Waals surface area contributed by atoms with Gasteiger partial charge in [0.2, 0.25) is 5.71 Å². The molecule has 2 aromatic heterocycles. The lowest BCUT2D eigenvalue weighted by Crippen LogP contribution is -2.33. The minimum Gasteiger partial charge on any atom is -0.425 e. The summed E-state index contributed by atoms with van der Waals surface area (Å²) in [6.45, 7) is 2.11. The number of pyridine rings is 1. The van der Waals surface area contributed by atoms with Gasteiger partial charge in [-0.25, -0.2) is 9.97 Å². The zero-order chi connectivity index (χ0) is 11.0. The summed E-state index contributed by atoms with van der Waals surface area (Å²) >= 11 is 0. The molecule has 3 rings (SSSR count). The Kier molecular flexibility index (Phi) is 2.25. The molecular formula is C11H14N4O. The number of nitrogens with one attached hydrogen (secondary N) is 1. The van der Waals surface area contributed by atoms with E-state index in [9.17, 15) is 0 Å². The van der Waals surface area contributed by atoms with Gasteiger partial charge >= 0.3 is 0 Å². The summed E-state index contributed by atoms with van der Waals surface area (Å²) in [4.78, 5) is 10.6. The first-order valence-electron chi connectivity index (χ1n) is 5.48. The van der Waals surface area contributed by atoms with Crippen molar-refractivity contribution in [1.82, 2.24) is 15.3 Å². The normalized spacial score (nSPS) is 20.4. The molecule has 1 fully saturated rings. The zero-order valence-electron chi connectivity index (χ0n) is 9.18. The van der Waals surface area contributed by atoms with Crippen molar-refractivity contribution >= 4 is 16.9 Å². The summed E-state index contributed by atoms with van der Waals surface area (Å²) in [5.74, 6) is 0. The van der Waals surface area contributed by atoms with Gasteiger partial charge in [0.25, 0.3) is 0 Å². The molecule has 16 heavy (non-hydrogen) atoms. The quantitative estimate of drug-likeness (QED) is 0.815. The van der Waals surface area contributed by atoms with Gasteiger partial charge in [-0.1, -0.05) is 0 Å². The molecular weight excluding hydrogens is 204 g/mol. The molecule has 5 heteroatoms. The van der Waals surface area contributed by atoms with Crippen LogP contribution in [0.4, 0.5) is 5.69 Å². The molecule has 1 aliphatic rings. The number of aromatic nitrogens is 2. The van der Waals surface area contributed by atoms with E-state index >= 15 is 0 Å². The Balaban J connectivity index is 2.00. The van der Waals surface area contributed by atoms with Crippen LogP contribution in [-0.2, 0) is 0 Å². The molecule has 5 nitrogen and oxygen atoms in total. The van der Waals surface area contributed by atoms with Crippen molar-refractivity contribution in [3.05, 3.63) is 18.7 Å². The van der Waals surface area contributed by atoms with Gasteiger partial charge in [0, 0.05) is 25.8 Å². The second-order valence-corrected chi connectivity index (χ2v) is 4.09. The van der Waals surface area contributed by atoms with Gasteiger partial charge < -0.3 is 14.6 Å². The fourth-order valence-corrected chi connectivity index (χ4v) is 2.21. The third kappa shape index (κ3) is 1.44. The number of anilines is 1. The fraction of sp³-hybridized carbons (Fsp3) is 0.455. The molecule has 0 aromatic carbocycles. The number of hydrogen-bond donors (Lipinski definition) is 1. The third-order valence-electron chi connectivity index (χ3n) is 3.18. The van der Waals surface area contributed by atoms with Crippen LogP contribution >= 0.6 is 0 Å². The van der Waals surface area contributed by atoms with E-state index in [1.165, 1.54) is 6.39 Å². The molecule has 1 unspecified atom stereocenters. The summed E-state index contributed by atoms with van der Waals surface area (Å²) in [5.41, 5.74) is 2.54. The number of hydrogen-bond acceptors (Lipinski definition) is 5. The predicted octanol–water partition coefficient (Wildman–Crippen LogP) is 1.02. The molecule has 0 aliphatic carbocycles. The lowest BCUT2D eigenvalue weighted by Gasteiger charge is -2.25. The highest BCUT2D eigenvalue weighted by Crippen LogP contribution is 2.25. The van der Waals surface area contributed by atoms with Crippen LogP contribution in [0, 0.1) is 0 Å². The van der Waals surface area contributed by atoms with Crippen LogP contribution in [0.3, 0.4) is 0 Å². The highest BCUT2D eigenvalue weighted by molar-refractivity contribution is 5.84.